The zero-order chi connectivity index (χ0) is 52.0. The van der Waals surface area contributed by atoms with Gasteiger partial charge in [0.15, 0.2) is 5.78 Å². The van der Waals surface area contributed by atoms with Crippen LogP contribution in [0.4, 0.5) is 17.1 Å². The van der Waals surface area contributed by atoms with Crippen LogP contribution in [0.1, 0.15) is 174 Å². The summed E-state index contributed by atoms with van der Waals surface area (Å²) in [4.78, 5) is 103. The van der Waals surface area contributed by atoms with Crippen LogP contribution >= 0.6 is 0 Å². The third-order valence-electron chi connectivity index (χ3n) is 15.2. The molecule has 4 aromatic carbocycles. The van der Waals surface area contributed by atoms with Crippen LogP contribution in [0.3, 0.4) is 0 Å². The van der Waals surface area contributed by atoms with Crippen molar-refractivity contribution in [3.8, 4) is 0 Å². The van der Waals surface area contributed by atoms with Gasteiger partial charge in [0, 0.05) is 77.5 Å². The summed E-state index contributed by atoms with van der Waals surface area (Å²) in [6.45, 7) is 4.37. The van der Waals surface area contributed by atoms with Gasteiger partial charge in [-0.05, 0) is 110 Å². The van der Waals surface area contributed by atoms with Crippen LogP contribution in [0.2, 0.25) is 0 Å². The Hall–Kier alpha value is -7.10. The number of benzene rings is 4. The Morgan fingerprint density at radius 3 is 1.59 bits per heavy atom. The summed E-state index contributed by atoms with van der Waals surface area (Å²) < 4.78 is 0. The van der Waals surface area contributed by atoms with Gasteiger partial charge in [-0.3, -0.25) is 29.0 Å². The summed E-state index contributed by atoms with van der Waals surface area (Å²) in [5.41, 5.74) is 2.55. The Labute approximate surface area is 430 Å². The van der Waals surface area contributed by atoms with E-state index in [-0.39, 0.29) is 61.2 Å². The maximum Gasteiger partial charge on any atom is 0.333 e. The van der Waals surface area contributed by atoms with E-state index in [4.69, 9.17) is 14.7 Å². The molecular weight excluding hydrogens is 941 g/mol. The number of amides is 4. The van der Waals surface area contributed by atoms with Crippen LogP contribution in [0.15, 0.2) is 71.4 Å². The molecule has 4 amide bonds. The zero-order valence-electron chi connectivity index (χ0n) is 42.7. The van der Waals surface area contributed by atoms with E-state index in [1.165, 1.54) is 0 Å². The van der Waals surface area contributed by atoms with Gasteiger partial charge >= 0.3 is 11.9 Å². The molecule has 4 aliphatic heterocycles. The van der Waals surface area contributed by atoms with Gasteiger partial charge in [-0.1, -0.05) is 107 Å². The molecule has 3 N–H and O–H groups in total. The summed E-state index contributed by atoms with van der Waals surface area (Å²) in [6.07, 6.45) is 16.2. The fraction of sp³-hybridized carbons (Fsp3) is 0.483. The van der Waals surface area contributed by atoms with E-state index >= 15 is 0 Å². The Bertz CT molecular complexity index is 3030. The Balaban J connectivity index is 0.929. The molecule has 0 spiro atoms. The lowest BCUT2D eigenvalue weighted by atomic mass is 9.79. The first-order valence-corrected chi connectivity index (χ1v) is 27.0. The van der Waals surface area contributed by atoms with Gasteiger partial charge in [-0.25, -0.2) is 9.59 Å². The molecule has 4 aromatic rings. The quantitative estimate of drug-likeness (QED) is 0.0418. The number of Topliss-reactive ketones (excluding diaryl/α,β-unsaturated/α-hetero) is 1. The fourth-order valence-corrected chi connectivity index (χ4v) is 11.4. The highest BCUT2D eigenvalue weighted by atomic mass is 16.7. The minimum Gasteiger partial charge on any atom is -0.871 e. The van der Waals surface area contributed by atoms with Gasteiger partial charge in [-0.2, -0.15) is 0 Å². The molecule has 2 atom stereocenters. The molecule has 5 aliphatic rings. The van der Waals surface area contributed by atoms with Crippen LogP contribution in [-0.4, -0.2) is 62.8 Å². The third kappa shape index (κ3) is 10.8. The summed E-state index contributed by atoms with van der Waals surface area (Å²) in [7, 11) is 0. The van der Waals surface area contributed by atoms with Crippen molar-refractivity contribution in [2.75, 3.05) is 16.0 Å². The number of nitrogens with zero attached hydrogens (tertiary/aromatic N) is 3. The Kier molecular flexibility index (Phi) is 15.8. The number of carbonyl (C=O) groups excluding carboxylic acids is 7. The van der Waals surface area contributed by atoms with Gasteiger partial charge in [0.05, 0.1) is 5.36 Å². The highest BCUT2D eigenvalue weighted by Gasteiger charge is 2.38. The normalized spacial score (nSPS) is 20.7. The van der Waals surface area contributed by atoms with Crippen molar-refractivity contribution in [3.63, 3.8) is 0 Å². The molecule has 2 unspecified atom stereocenters. The number of imide groups is 2. The van der Waals surface area contributed by atoms with Crippen molar-refractivity contribution < 1.29 is 48.3 Å². The first kappa shape index (κ1) is 51.8. The van der Waals surface area contributed by atoms with Crippen molar-refractivity contribution in [2.45, 2.75) is 179 Å². The molecule has 2 saturated heterocycles. The lowest BCUT2D eigenvalue weighted by Gasteiger charge is -2.42. The van der Waals surface area contributed by atoms with Crippen LogP contribution < -0.4 is 31.6 Å². The maximum absolute atomic E-state index is 14.5. The average Bonchev–Trinajstić information content (AvgIpc) is 3.88. The molecule has 0 radical (unpaired) electrons. The third-order valence-corrected chi connectivity index (χ3v) is 15.2. The number of rotatable bonds is 25. The van der Waals surface area contributed by atoms with Gasteiger partial charge in [0.2, 0.25) is 0 Å². The number of hydrogen-bond acceptors (Lipinski definition) is 14. The molecule has 16 heteroatoms. The highest BCUT2D eigenvalue weighted by molar-refractivity contribution is 6.52. The van der Waals surface area contributed by atoms with Crippen molar-refractivity contribution in [1.82, 2.24) is 10.1 Å². The summed E-state index contributed by atoms with van der Waals surface area (Å²) in [6, 6.07) is 19.5. The number of carbonyl (C=O) groups is 7. The molecule has 390 valence electrons. The Morgan fingerprint density at radius 2 is 1.05 bits per heavy atom. The molecule has 74 heavy (non-hydrogen) atoms. The predicted octanol–water partition coefficient (Wildman–Crippen LogP) is 8.83. The molecule has 4 heterocycles. The summed E-state index contributed by atoms with van der Waals surface area (Å²) in [5.74, 6) is -3.75. The van der Waals surface area contributed by atoms with Crippen LogP contribution in [-0.2, 0) is 43.2 Å². The number of allylic oxidation sites excluding steroid dienone is 2. The molecule has 0 aromatic heterocycles. The number of unbranched alkanes of at least 4 members (excludes halogenated alkanes) is 10. The average molecular weight is 1010 g/mol. The first-order valence-electron chi connectivity index (χ1n) is 27.0. The standard InChI is InChI=1S/C58H68N6O10/c1-3-5-7-13-33-57(35-15-9-11-23-49(69)73-63-45(65)29-30-46(63)66)59-41-21-17-19-37-39(25-27-43(61-57)51(37)41)53-55(71)54(56(53)72)40-26-28-44-52-38(40)20-18-22-42(52)60-58(62-44,34-14-8-6-4-2)36-16-10-12-24-50(70)74-64-47(67)31-32-48(64)68/h17-22,25-28,59-61,71H,3-16,23-24,29-36H2,1-2H3/p-1. The van der Waals surface area contributed by atoms with Gasteiger partial charge < -0.3 is 30.7 Å². The molecule has 2 fully saturated rings. The van der Waals surface area contributed by atoms with Gasteiger partial charge in [0.1, 0.15) is 11.3 Å². The van der Waals surface area contributed by atoms with E-state index in [1.807, 2.05) is 60.7 Å². The van der Waals surface area contributed by atoms with Gasteiger partial charge in [0.25, 0.3) is 23.6 Å². The van der Waals surface area contributed by atoms with E-state index in [9.17, 15) is 38.7 Å². The van der Waals surface area contributed by atoms with E-state index in [2.05, 4.69) is 29.8 Å². The van der Waals surface area contributed by atoms with Gasteiger partial charge in [-0.15, -0.1) is 10.1 Å². The fourth-order valence-electron chi connectivity index (χ4n) is 11.4. The molecule has 0 saturated carbocycles. The summed E-state index contributed by atoms with van der Waals surface area (Å²) in [5, 5.41) is 31.9. The molecule has 9 rings (SSSR count). The first-order chi connectivity index (χ1) is 35.8. The minimum atomic E-state index is -0.604. The van der Waals surface area contributed by atoms with Crippen molar-refractivity contribution in [3.05, 3.63) is 82.6 Å². The monoisotopic (exact) mass is 1010 g/mol. The molecule has 1 aliphatic carbocycles. The largest absolute Gasteiger partial charge is 0.871 e. The van der Waals surface area contributed by atoms with Crippen LogP contribution in [0, 0.1) is 0 Å². The maximum atomic E-state index is 14.5. The van der Waals surface area contributed by atoms with E-state index in [0.29, 0.717) is 40.2 Å². The number of anilines is 3. The molecule has 16 nitrogen and oxygen atoms in total. The molecular formula is C58H67N6O10-. The zero-order valence-corrected chi connectivity index (χ0v) is 42.7. The lowest BCUT2D eigenvalue weighted by molar-refractivity contribution is -0.292. The molecule has 0 bridgehead atoms. The van der Waals surface area contributed by atoms with E-state index < -0.39 is 46.9 Å². The second kappa shape index (κ2) is 22.6. The van der Waals surface area contributed by atoms with E-state index in [0.717, 1.165) is 140 Å². The van der Waals surface area contributed by atoms with Crippen molar-refractivity contribution in [2.24, 2.45) is 4.99 Å². The SMILES string of the molecule is CCCCCCC1(CCCCCC(=O)ON2C(=O)CCC2=O)N=c2ccc(=C3C(=O)C(c4ccc5c6c(cccc46)NC(CCCCCC)(CCCCCC(=O)ON4C(=O)CCC4=O)N5)=C3[O-])c3cccc(c23)N1. The predicted molar refractivity (Wildman–Crippen MR) is 278 cm³/mol. The van der Waals surface area contributed by atoms with Crippen LogP contribution in [0.25, 0.3) is 32.7 Å². The number of hydroxylamine groups is 4. The number of nitrogens with one attached hydrogen (secondary N) is 3. The van der Waals surface area contributed by atoms with Crippen LogP contribution in [0.5, 0.6) is 0 Å². The Morgan fingerprint density at radius 1 is 0.554 bits per heavy atom. The lowest BCUT2D eigenvalue weighted by Crippen LogP contribution is -2.48. The topological polar surface area (TPSA) is 216 Å². The van der Waals surface area contributed by atoms with E-state index in [1.54, 1.807) is 0 Å². The number of hydrogen-bond donors (Lipinski definition) is 3. The number of ketones is 1. The second-order valence-corrected chi connectivity index (χ2v) is 20.6. The summed E-state index contributed by atoms with van der Waals surface area (Å²) >= 11 is 0. The highest BCUT2D eigenvalue weighted by Crippen LogP contribution is 2.46. The minimum absolute atomic E-state index is 0.0521. The van der Waals surface area contributed by atoms with Crippen molar-refractivity contribution in [1.29, 1.82) is 0 Å². The smallest absolute Gasteiger partial charge is 0.333 e. The second-order valence-electron chi connectivity index (χ2n) is 20.6. The van der Waals surface area contributed by atoms with Crippen molar-refractivity contribution >= 4 is 91.1 Å².